The first-order valence-corrected chi connectivity index (χ1v) is 12.3. The fourth-order valence-corrected chi connectivity index (χ4v) is 5.11. The number of urea groups is 1. The van der Waals surface area contributed by atoms with E-state index in [1.165, 1.54) is 0 Å². The Balaban J connectivity index is 1.52. The van der Waals surface area contributed by atoms with Gasteiger partial charge in [0.05, 0.1) is 11.8 Å². The number of halogens is 3. The number of carbonyl (C=O) groups excluding carboxylic acids is 1. The first-order chi connectivity index (χ1) is 16.5. The molecule has 2 atom stereocenters. The Hall–Kier alpha value is -2.79. The topological polar surface area (TPSA) is 44.7 Å². The van der Waals surface area contributed by atoms with E-state index < -0.39 is 0 Å². The van der Waals surface area contributed by atoms with Crippen LogP contribution in [-0.4, -0.2) is 16.8 Å². The number of rotatable bonds is 3. The van der Waals surface area contributed by atoms with E-state index in [0.717, 1.165) is 41.7 Å². The molecule has 7 heteroatoms. The molecule has 172 valence electrons. The smallest absolute Gasteiger partial charge is 0.306 e. The lowest BCUT2D eigenvalue weighted by atomic mass is 9.77. The van der Waals surface area contributed by atoms with E-state index >= 15 is 0 Å². The van der Waals surface area contributed by atoms with Gasteiger partial charge in [0.15, 0.2) is 0 Å². The molecule has 2 unspecified atom stereocenters. The highest BCUT2D eigenvalue weighted by Gasteiger charge is 2.43. The Morgan fingerprint density at radius 1 is 0.941 bits per heavy atom. The molecule has 1 saturated carbocycles. The molecule has 5 rings (SSSR count). The van der Waals surface area contributed by atoms with Crippen molar-refractivity contribution in [3.8, 4) is 0 Å². The number of fused-ring (bicyclic) bond motifs is 1. The van der Waals surface area contributed by atoms with Crippen LogP contribution in [0.2, 0.25) is 15.1 Å². The van der Waals surface area contributed by atoms with Gasteiger partial charge < -0.3 is 5.32 Å². The predicted octanol–water partition coefficient (Wildman–Crippen LogP) is 8.48. The molecule has 1 heterocycles. The number of hydrogen-bond acceptors (Lipinski definition) is 2. The summed E-state index contributed by atoms with van der Waals surface area (Å²) in [6.45, 7) is 0. The Morgan fingerprint density at radius 3 is 2.35 bits per heavy atom. The highest BCUT2D eigenvalue weighted by Crippen LogP contribution is 2.44. The van der Waals surface area contributed by atoms with Gasteiger partial charge in [0.2, 0.25) is 0 Å². The van der Waals surface area contributed by atoms with E-state index in [4.69, 9.17) is 39.9 Å². The molecule has 0 bridgehead atoms. The quantitative estimate of drug-likeness (QED) is 0.377. The molecular weight excluding hydrogens is 489 g/mol. The summed E-state index contributed by atoms with van der Waals surface area (Å²) in [4.78, 5) is 13.4. The van der Waals surface area contributed by atoms with E-state index in [9.17, 15) is 4.79 Å². The highest BCUT2D eigenvalue weighted by molar-refractivity contribution is 6.31. The van der Waals surface area contributed by atoms with Crippen LogP contribution in [0.5, 0.6) is 0 Å². The zero-order valence-corrected chi connectivity index (χ0v) is 20.5. The van der Waals surface area contributed by atoms with Crippen molar-refractivity contribution in [2.75, 3.05) is 5.32 Å². The third-order valence-electron chi connectivity index (χ3n) is 6.21. The molecule has 0 aromatic heterocycles. The average Bonchev–Trinajstić information content (AvgIpc) is 3.22. The lowest BCUT2D eigenvalue weighted by molar-refractivity contribution is 0.188. The minimum Gasteiger partial charge on any atom is -0.306 e. The molecule has 4 nitrogen and oxygen atoms in total. The van der Waals surface area contributed by atoms with Gasteiger partial charge in [0.1, 0.15) is 0 Å². The maximum atomic E-state index is 13.4. The number of hydrazone groups is 1. The summed E-state index contributed by atoms with van der Waals surface area (Å²) >= 11 is 18.3. The van der Waals surface area contributed by atoms with Crippen LogP contribution in [-0.2, 0) is 0 Å². The van der Waals surface area contributed by atoms with Crippen LogP contribution in [0.4, 0.5) is 10.5 Å². The third kappa shape index (κ3) is 4.85. The van der Waals surface area contributed by atoms with Crippen LogP contribution < -0.4 is 5.32 Å². The zero-order chi connectivity index (χ0) is 23.7. The minimum atomic E-state index is -0.296. The number of amides is 2. The second-order valence-corrected chi connectivity index (χ2v) is 9.80. The molecular formula is C27H22Cl3N3O. The van der Waals surface area contributed by atoms with Crippen LogP contribution in [0.1, 0.15) is 36.4 Å². The van der Waals surface area contributed by atoms with Crippen LogP contribution in [0.25, 0.3) is 6.08 Å². The van der Waals surface area contributed by atoms with Crippen molar-refractivity contribution in [1.29, 1.82) is 0 Å². The van der Waals surface area contributed by atoms with Crippen LogP contribution in [0.3, 0.4) is 0 Å². The summed E-state index contributed by atoms with van der Waals surface area (Å²) in [6.07, 6.45) is 5.04. The number of hydrogen-bond donors (Lipinski definition) is 1. The lowest BCUT2D eigenvalue weighted by Crippen LogP contribution is -2.34. The van der Waals surface area contributed by atoms with Crippen LogP contribution in [0.15, 0.2) is 83.5 Å². The average molecular weight is 511 g/mol. The van der Waals surface area contributed by atoms with Gasteiger partial charge in [-0.2, -0.15) is 5.10 Å². The van der Waals surface area contributed by atoms with E-state index in [2.05, 4.69) is 11.4 Å². The number of anilines is 1. The van der Waals surface area contributed by atoms with E-state index in [1.54, 1.807) is 23.2 Å². The van der Waals surface area contributed by atoms with Gasteiger partial charge in [-0.05, 0) is 84.5 Å². The number of benzene rings is 3. The van der Waals surface area contributed by atoms with Crippen molar-refractivity contribution >= 4 is 58.3 Å². The number of allylic oxidation sites excluding steroid dienone is 1. The fraction of sp³-hybridized carbons (Fsp3) is 0.185. The normalized spacial score (nSPS) is 20.7. The summed E-state index contributed by atoms with van der Waals surface area (Å²) in [5.41, 5.74) is 4.80. The van der Waals surface area contributed by atoms with Gasteiger partial charge in [-0.15, -0.1) is 0 Å². The molecule has 34 heavy (non-hydrogen) atoms. The van der Waals surface area contributed by atoms with Crippen molar-refractivity contribution in [3.05, 3.63) is 105 Å². The molecule has 1 fully saturated rings. The summed E-state index contributed by atoms with van der Waals surface area (Å²) in [5, 5.41) is 11.3. The van der Waals surface area contributed by atoms with E-state index in [0.29, 0.717) is 20.8 Å². The second kappa shape index (κ2) is 9.83. The van der Waals surface area contributed by atoms with Gasteiger partial charge in [-0.1, -0.05) is 65.1 Å². The Bertz CT molecular complexity index is 1270. The SMILES string of the molecule is O=C(Nc1cccc(Cl)c1)N1N=C2C(=Cc3ccc(Cl)cc3)CCCC2C1c1ccc(Cl)cc1. The van der Waals surface area contributed by atoms with Gasteiger partial charge in [0, 0.05) is 26.7 Å². The Morgan fingerprint density at radius 2 is 1.65 bits per heavy atom. The van der Waals surface area contributed by atoms with Gasteiger partial charge >= 0.3 is 6.03 Å². The fourth-order valence-electron chi connectivity index (χ4n) is 4.67. The van der Waals surface area contributed by atoms with Crippen molar-refractivity contribution in [1.82, 2.24) is 5.01 Å². The maximum absolute atomic E-state index is 13.4. The Labute approximate surface area is 213 Å². The highest BCUT2D eigenvalue weighted by atomic mass is 35.5. The number of nitrogens with zero attached hydrogens (tertiary/aromatic N) is 2. The summed E-state index contributed by atoms with van der Waals surface area (Å²) in [7, 11) is 0. The predicted molar refractivity (Wildman–Crippen MR) is 141 cm³/mol. The van der Waals surface area contributed by atoms with Crippen molar-refractivity contribution < 1.29 is 4.79 Å². The lowest BCUT2D eigenvalue weighted by Gasteiger charge is -2.29. The number of carbonyl (C=O) groups is 1. The van der Waals surface area contributed by atoms with Crippen LogP contribution >= 0.6 is 34.8 Å². The zero-order valence-electron chi connectivity index (χ0n) is 18.2. The maximum Gasteiger partial charge on any atom is 0.342 e. The molecule has 0 radical (unpaired) electrons. The second-order valence-electron chi connectivity index (χ2n) is 8.49. The molecule has 3 aromatic rings. The molecule has 2 aliphatic rings. The molecule has 0 saturated heterocycles. The monoisotopic (exact) mass is 509 g/mol. The third-order valence-corrected chi connectivity index (χ3v) is 6.95. The van der Waals surface area contributed by atoms with Crippen molar-refractivity contribution in [3.63, 3.8) is 0 Å². The van der Waals surface area contributed by atoms with Gasteiger partial charge in [-0.25, -0.2) is 9.80 Å². The minimum absolute atomic E-state index is 0.0959. The van der Waals surface area contributed by atoms with Crippen molar-refractivity contribution in [2.24, 2.45) is 11.0 Å². The van der Waals surface area contributed by atoms with E-state index in [1.807, 2.05) is 54.6 Å². The van der Waals surface area contributed by atoms with Crippen LogP contribution in [0, 0.1) is 5.92 Å². The molecule has 1 aliphatic heterocycles. The summed E-state index contributed by atoms with van der Waals surface area (Å²) < 4.78 is 0. The van der Waals surface area contributed by atoms with Gasteiger partial charge in [0.25, 0.3) is 0 Å². The van der Waals surface area contributed by atoms with Crippen molar-refractivity contribution in [2.45, 2.75) is 25.3 Å². The largest absolute Gasteiger partial charge is 0.342 e. The van der Waals surface area contributed by atoms with Gasteiger partial charge in [-0.3, -0.25) is 0 Å². The molecule has 3 aromatic carbocycles. The molecule has 2 amide bonds. The summed E-state index contributed by atoms with van der Waals surface area (Å²) in [6, 6.07) is 22.0. The molecule has 1 N–H and O–H groups in total. The number of nitrogens with one attached hydrogen (secondary N) is 1. The first kappa shape index (κ1) is 23.0. The molecule has 1 aliphatic carbocycles. The Kier molecular flexibility index (Phi) is 6.64. The van der Waals surface area contributed by atoms with E-state index in [-0.39, 0.29) is 18.0 Å². The molecule has 0 spiro atoms. The standard InChI is InChI=1S/C27H22Cl3N3O/c28-20-11-7-17(8-12-20)15-19-3-1-6-24-25(19)32-33(26(24)18-9-13-21(29)14-10-18)27(34)31-23-5-2-4-22(30)16-23/h2,4-5,7-16,24,26H,1,3,6H2,(H,31,34). The first-order valence-electron chi connectivity index (χ1n) is 11.1. The summed E-state index contributed by atoms with van der Waals surface area (Å²) in [5.74, 6) is 0.0959.